The molecule has 2 aliphatic carbocycles. The lowest BCUT2D eigenvalue weighted by Crippen LogP contribution is -2.57. The van der Waals surface area contributed by atoms with E-state index in [0.717, 1.165) is 25.7 Å². The second kappa shape index (κ2) is 4.20. The summed E-state index contributed by atoms with van der Waals surface area (Å²) in [4.78, 5) is 22.9. The van der Waals surface area contributed by atoms with Gasteiger partial charge in [-0.15, -0.1) is 0 Å². The normalized spacial score (nSPS) is 30.2. The fourth-order valence-corrected chi connectivity index (χ4v) is 2.31. The molecule has 3 N–H and O–H groups in total. The average molecular weight is 240 g/mol. The zero-order valence-corrected chi connectivity index (χ0v) is 10.3. The van der Waals surface area contributed by atoms with Crippen molar-refractivity contribution in [2.24, 2.45) is 11.8 Å². The molecule has 5 nitrogen and oxygen atoms in total. The molecule has 0 heterocycles. The number of carbonyl (C=O) groups excluding carboxylic acids is 1. The second-order valence-electron chi connectivity index (χ2n) is 5.39. The number of hydrogen-bond donors (Lipinski definition) is 3. The number of carbonyl (C=O) groups is 2. The smallest absolute Gasteiger partial charge is 0.329 e. The van der Waals surface area contributed by atoms with Crippen LogP contribution in [0.4, 0.5) is 4.79 Å². The van der Waals surface area contributed by atoms with E-state index in [4.69, 9.17) is 0 Å². The number of nitrogens with one attached hydrogen (secondary N) is 2. The minimum atomic E-state index is -1.11. The van der Waals surface area contributed by atoms with Crippen molar-refractivity contribution < 1.29 is 14.7 Å². The van der Waals surface area contributed by atoms with Crippen LogP contribution in [0, 0.1) is 11.8 Å². The van der Waals surface area contributed by atoms with Crippen LogP contribution in [0.2, 0.25) is 0 Å². The minimum Gasteiger partial charge on any atom is -0.480 e. The first-order chi connectivity index (χ1) is 7.97. The van der Waals surface area contributed by atoms with Crippen LogP contribution in [0.15, 0.2) is 0 Å². The number of carboxylic acid groups (broad SMARTS) is 1. The van der Waals surface area contributed by atoms with Crippen molar-refractivity contribution in [1.82, 2.24) is 10.6 Å². The molecular formula is C12H20N2O3. The number of amides is 2. The van der Waals surface area contributed by atoms with Gasteiger partial charge in [0.1, 0.15) is 5.54 Å². The van der Waals surface area contributed by atoms with Crippen molar-refractivity contribution in [3.05, 3.63) is 0 Å². The summed E-state index contributed by atoms with van der Waals surface area (Å²) in [6.45, 7) is 3.69. The molecule has 17 heavy (non-hydrogen) atoms. The Balaban J connectivity index is 1.86. The predicted molar refractivity (Wildman–Crippen MR) is 62.6 cm³/mol. The number of rotatable bonds is 5. The molecule has 0 aliphatic heterocycles. The molecule has 5 heteroatoms. The summed E-state index contributed by atoms with van der Waals surface area (Å²) < 4.78 is 0. The molecule has 0 aromatic heterocycles. The van der Waals surface area contributed by atoms with Gasteiger partial charge < -0.3 is 15.7 Å². The van der Waals surface area contributed by atoms with Gasteiger partial charge in [-0.05, 0) is 38.0 Å². The molecule has 96 valence electrons. The highest BCUT2D eigenvalue weighted by Gasteiger charge is 2.49. The average Bonchev–Trinajstić information content (AvgIpc) is 3.12. The van der Waals surface area contributed by atoms with Crippen molar-refractivity contribution in [2.45, 2.75) is 51.1 Å². The van der Waals surface area contributed by atoms with Crippen LogP contribution in [0.25, 0.3) is 0 Å². The Hall–Kier alpha value is -1.26. The van der Waals surface area contributed by atoms with Gasteiger partial charge in [0.15, 0.2) is 0 Å². The summed E-state index contributed by atoms with van der Waals surface area (Å²) in [5.74, 6) is -0.303. The van der Waals surface area contributed by atoms with Crippen LogP contribution in [0.5, 0.6) is 0 Å². The van der Waals surface area contributed by atoms with E-state index < -0.39 is 11.5 Å². The van der Waals surface area contributed by atoms with E-state index in [2.05, 4.69) is 17.6 Å². The zero-order valence-electron chi connectivity index (χ0n) is 10.3. The zero-order chi connectivity index (χ0) is 12.6. The van der Waals surface area contributed by atoms with Gasteiger partial charge in [0.25, 0.3) is 0 Å². The van der Waals surface area contributed by atoms with Crippen molar-refractivity contribution in [1.29, 1.82) is 0 Å². The van der Waals surface area contributed by atoms with E-state index >= 15 is 0 Å². The lowest BCUT2D eigenvalue weighted by molar-refractivity contribution is -0.144. The van der Waals surface area contributed by atoms with Gasteiger partial charge in [0.2, 0.25) is 0 Å². The molecular weight excluding hydrogens is 220 g/mol. The molecule has 0 bridgehead atoms. The fourth-order valence-electron chi connectivity index (χ4n) is 2.31. The second-order valence-corrected chi connectivity index (χ2v) is 5.39. The maximum Gasteiger partial charge on any atom is 0.329 e. The minimum absolute atomic E-state index is 0.0759. The number of hydrogen-bond acceptors (Lipinski definition) is 2. The standard InChI is InChI=1S/C12H20N2O3/c1-3-7-6-9(7)13-11(17)14-12(2,10(15)16)8-4-5-8/h7-9H,3-6H2,1-2H3,(H,15,16)(H2,13,14,17). The quantitative estimate of drug-likeness (QED) is 0.678. The Labute approximate surface area is 101 Å². The number of aliphatic carboxylic acids is 1. The Bertz CT molecular complexity index is 341. The first-order valence-electron chi connectivity index (χ1n) is 6.29. The topological polar surface area (TPSA) is 78.4 Å². The lowest BCUT2D eigenvalue weighted by Gasteiger charge is -2.26. The van der Waals surface area contributed by atoms with Crippen molar-refractivity contribution >= 4 is 12.0 Å². The summed E-state index contributed by atoms with van der Waals surface area (Å²) in [5.41, 5.74) is -1.11. The maximum atomic E-state index is 11.7. The van der Waals surface area contributed by atoms with E-state index in [1.165, 1.54) is 0 Å². The Morgan fingerprint density at radius 3 is 2.47 bits per heavy atom. The molecule has 2 saturated carbocycles. The maximum absolute atomic E-state index is 11.7. The van der Waals surface area contributed by atoms with E-state index in [9.17, 15) is 14.7 Å². The first-order valence-corrected chi connectivity index (χ1v) is 6.29. The van der Waals surface area contributed by atoms with Gasteiger partial charge in [-0.1, -0.05) is 13.3 Å². The van der Waals surface area contributed by atoms with Gasteiger partial charge in [-0.25, -0.2) is 9.59 Å². The molecule has 0 spiro atoms. The van der Waals surface area contributed by atoms with Crippen LogP contribution < -0.4 is 10.6 Å². The summed E-state index contributed by atoms with van der Waals surface area (Å²) in [5, 5.41) is 14.7. The third-order valence-corrected chi connectivity index (χ3v) is 3.97. The molecule has 0 aromatic rings. The van der Waals surface area contributed by atoms with E-state index in [0.29, 0.717) is 5.92 Å². The lowest BCUT2D eigenvalue weighted by atomic mass is 9.96. The SMILES string of the molecule is CCC1CC1NC(=O)NC(C)(C(=O)O)C1CC1. The third kappa shape index (κ3) is 2.53. The van der Waals surface area contributed by atoms with Gasteiger partial charge in [-0.3, -0.25) is 0 Å². The Morgan fingerprint density at radius 1 is 1.41 bits per heavy atom. The van der Waals surface area contributed by atoms with Crippen molar-refractivity contribution in [2.75, 3.05) is 0 Å². The Kier molecular flexibility index (Phi) is 3.02. The summed E-state index contributed by atoms with van der Waals surface area (Å²) in [7, 11) is 0. The van der Waals surface area contributed by atoms with Gasteiger partial charge in [-0.2, -0.15) is 0 Å². The molecule has 2 rings (SSSR count). The van der Waals surface area contributed by atoms with Crippen LogP contribution in [0.3, 0.4) is 0 Å². The van der Waals surface area contributed by atoms with Gasteiger partial charge in [0.05, 0.1) is 0 Å². The monoisotopic (exact) mass is 240 g/mol. The largest absolute Gasteiger partial charge is 0.480 e. The molecule has 3 unspecified atom stereocenters. The summed E-state index contributed by atoms with van der Waals surface area (Å²) >= 11 is 0. The molecule has 2 amide bonds. The number of urea groups is 1. The highest BCUT2D eigenvalue weighted by molar-refractivity contribution is 5.86. The fraction of sp³-hybridized carbons (Fsp3) is 0.833. The molecule has 0 saturated heterocycles. The van der Waals surface area contributed by atoms with Crippen molar-refractivity contribution in [3.8, 4) is 0 Å². The third-order valence-electron chi connectivity index (χ3n) is 3.97. The highest BCUT2D eigenvalue weighted by Crippen LogP contribution is 2.40. The van der Waals surface area contributed by atoms with Gasteiger partial charge in [0, 0.05) is 6.04 Å². The number of carboxylic acids is 1. The molecule has 2 aliphatic rings. The van der Waals surface area contributed by atoms with E-state index in [1.807, 2.05) is 0 Å². The first kappa shape index (κ1) is 12.2. The molecule has 0 radical (unpaired) electrons. The molecule has 0 aromatic carbocycles. The van der Waals surface area contributed by atoms with Crippen LogP contribution in [-0.4, -0.2) is 28.7 Å². The van der Waals surface area contributed by atoms with E-state index in [1.54, 1.807) is 6.92 Å². The van der Waals surface area contributed by atoms with Crippen LogP contribution in [-0.2, 0) is 4.79 Å². The Morgan fingerprint density at radius 2 is 2.06 bits per heavy atom. The van der Waals surface area contributed by atoms with Crippen LogP contribution in [0.1, 0.15) is 39.5 Å². The predicted octanol–water partition coefficient (Wildman–Crippen LogP) is 1.34. The van der Waals surface area contributed by atoms with Gasteiger partial charge >= 0.3 is 12.0 Å². The van der Waals surface area contributed by atoms with Crippen molar-refractivity contribution in [3.63, 3.8) is 0 Å². The highest BCUT2D eigenvalue weighted by atomic mass is 16.4. The molecule has 3 atom stereocenters. The summed E-state index contributed by atoms with van der Waals surface area (Å²) in [6.07, 6.45) is 3.83. The van der Waals surface area contributed by atoms with E-state index in [-0.39, 0.29) is 18.0 Å². The molecule has 2 fully saturated rings. The van der Waals surface area contributed by atoms with Crippen LogP contribution >= 0.6 is 0 Å². The summed E-state index contributed by atoms with van der Waals surface area (Å²) in [6, 6.07) is -0.111.